The lowest BCUT2D eigenvalue weighted by Crippen LogP contribution is -2.27. The van der Waals surface area contributed by atoms with Gasteiger partial charge in [-0.1, -0.05) is 13.8 Å². The highest BCUT2D eigenvalue weighted by molar-refractivity contribution is 5.85. The minimum atomic E-state index is 0.100. The number of carbonyl (C=O) groups is 1. The smallest absolute Gasteiger partial charge is 0.219 e. The van der Waals surface area contributed by atoms with E-state index in [0.717, 1.165) is 17.7 Å². The van der Waals surface area contributed by atoms with E-state index >= 15 is 0 Å². The van der Waals surface area contributed by atoms with E-state index in [2.05, 4.69) is 23.3 Å². The van der Waals surface area contributed by atoms with Gasteiger partial charge in [0, 0.05) is 36.0 Å². The van der Waals surface area contributed by atoms with Crippen molar-refractivity contribution in [2.75, 3.05) is 13.2 Å². The molecule has 0 saturated carbocycles. The van der Waals surface area contributed by atoms with Crippen LogP contribution < -0.4 is 10.1 Å². The van der Waals surface area contributed by atoms with E-state index in [1.807, 2.05) is 32.2 Å². The molecule has 1 unspecified atom stereocenters. The monoisotopic (exact) mass is 288 g/mol. The Kier molecular flexibility index (Phi) is 5.26. The van der Waals surface area contributed by atoms with Crippen LogP contribution in [0.4, 0.5) is 0 Å². The third-order valence-corrected chi connectivity index (χ3v) is 3.80. The number of H-pyrrole nitrogens is 1. The maximum Gasteiger partial charge on any atom is 0.219 e. The van der Waals surface area contributed by atoms with Gasteiger partial charge in [0.15, 0.2) is 0 Å². The van der Waals surface area contributed by atoms with Gasteiger partial charge in [0.2, 0.25) is 5.91 Å². The molecule has 0 aliphatic carbocycles. The lowest BCUT2D eigenvalue weighted by Gasteiger charge is -2.15. The zero-order valence-electron chi connectivity index (χ0n) is 13.0. The molecule has 0 bridgehead atoms. The maximum atomic E-state index is 11.5. The number of amides is 1. The SMILES string of the molecule is CCOc1ccc2[nH]cc(C(CC)CNC(=O)CC)c2c1. The van der Waals surface area contributed by atoms with Gasteiger partial charge in [0.25, 0.3) is 0 Å². The third-order valence-electron chi connectivity index (χ3n) is 3.80. The molecule has 4 heteroatoms. The zero-order valence-corrected chi connectivity index (χ0v) is 13.0. The fourth-order valence-electron chi connectivity index (χ4n) is 2.55. The largest absolute Gasteiger partial charge is 0.494 e. The third kappa shape index (κ3) is 3.57. The van der Waals surface area contributed by atoms with Gasteiger partial charge in [-0.3, -0.25) is 4.79 Å². The van der Waals surface area contributed by atoms with Crippen LogP contribution in [0.25, 0.3) is 10.9 Å². The van der Waals surface area contributed by atoms with Crippen molar-refractivity contribution in [3.05, 3.63) is 30.0 Å². The molecule has 1 amide bonds. The summed E-state index contributed by atoms with van der Waals surface area (Å²) < 4.78 is 5.58. The normalized spacial score (nSPS) is 12.3. The summed E-state index contributed by atoms with van der Waals surface area (Å²) in [5.74, 6) is 1.30. The van der Waals surface area contributed by atoms with E-state index in [4.69, 9.17) is 4.74 Å². The van der Waals surface area contributed by atoms with Gasteiger partial charge in [0.1, 0.15) is 5.75 Å². The molecule has 0 saturated heterocycles. The molecule has 4 nitrogen and oxygen atoms in total. The molecular weight excluding hydrogens is 264 g/mol. The molecule has 1 heterocycles. The summed E-state index contributed by atoms with van der Waals surface area (Å²) in [6.07, 6.45) is 3.56. The van der Waals surface area contributed by atoms with Crippen LogP contribution in [0.1, 0.15) is 45.1 Å². The van der Waals surface area contributed by atoms with Crippen LogP contribution in [-0.2, 0) is 4.79 Å². The summed E-state index contributed by atoms with van der Waals surface area (Å²) in [5, 5.41) is 4.17. The first-order chi connectivity index (χ1) is 10.2. The predicted molar refractivity (Wildman–Crippen MR) is 85.8 cm³/mol. The first-order valence-electron chi connectivity index (χ1n) is 7.70. The van der Waals surface area contributed by atoms with E-state index in [0.29, 0.717) is 25.5 Å². The highest BCUT2D eigenvalue weighted by Crippen LogP contribution is 2.30. The van der Waals surface area contributed by atoms with Crippen LogP contribution in [0.5, 0.6) is 5.75 Å². The Morgan fingerprint density at radius 3 is 2.81 bits per heavy atom. The Morgan fingerprint density at radius 1 is 1.33 bits per heavy atom. The van der Waals surface area contributed by atoms with E-state index in [-0.39, 0.29) is 5.91 Å². The average molecular weight is 288 g/mol. The Labute approximate surface area is 125 Å². The van der Waals surface area contributed by atoms with Gasteiger partial charge in [-0.25, -0.2) is 0 Å². The number of benzene rings is 1. The number of hydrogen-bond acceptors (Lipinski definition) is 2. The number of hydrogen-bond donors (Lipinski definition) is 2. The molecule has 2 rings (SSSR count). The highest BCUT2D eigenvalue weighted by Gasteiger charge is 2.15. The fourth-order valence-corrected chi connectivity index (χ4v) is 2.55. The summed E-state index contributed by atoms with van der Waals surface area (Å²) in [5.41, 5.74) is 2.35. The van der Waals surface area contributed by atoms with E-state index in [1.165, 1.54) is 10.9 Å². The van der Waals surface area contributed by atoms with Gasteiger partial charge in [-0.05, 0) is 37.1 Å². The Hall–Kier alpha value is -1.97. The number of aromatic nitrogens is 1. The standard InChI is InChI=1S/C17H24N2O2/c1-4-12(10-19-17(20)5-2)15-11-18-16-8-7-13(21-6-3)9-14(15)16/h7-9,11-12,18H,4-6,10H2,1-3H3,(H,19,20). The van der Waals surface area contributed by atoms with Crippen molar-refractivity contribution < 1.29 is 9.53 Å². The second-order valence-electron chi connectivity index (χ2n) is 5.15. The topological polar surface area (TPSA) is 54.1 Å². The van der Waals surface area contributed by atoms with Crippen molar-refractivity contribution >= 4 is 16.8 Å². The van der Waals surface area contributed by atoms with Crippen molar-refractivity contribution in [1.29, 1.82) is 0 Å². The van der Waals surface area contributed by atoms with Crippen LogP contribution in [0.2, 0.25) is 0 Å². The molecule has 1 aromatic carbocycles. The van der Waals surface area contributed by atoms with Gasteiger partial charge in [-0.2, -0.15) is 0 Å². The summed E-state index contributed by atoms with van der Waals surface area (Å²) in [6.45, 7) is 7.34. The molecule has 114 valence electrons. The predicted octanol–water partition coefficient (Wildman–Crippen LogP) is 3.59. The number of aromatic amines is 1. The van der Waals surface area contributed by atoms with Crippen molar-refractivity contribution in [3.63, 3.8) is 0 Å². The van der Waals surface area contributed by atoms with Crippen LogP contribution in [-0.4, -0.2) is 24.0 Å². The van der Waals surface area contributed by atoms with Gasteiger partial charge >= 0.3 is 0 Å². The van der Waals surface area contributed by atoms with Crippen molar-refractivity contribution in [2.45, 2.75) is 39.5 Å². The second-order valence-corrected chi connectivity index (χ2v) is 5.15. The minimum absolute atomic E-state index is 0.100. The summed E-state index contributed by atoms with van der Waals surface area (Å²) in [4.78, 5) is 14.8. The van der Waals surface area contributed by atoms with E-state index in [9.17, 15) is 4.79 Å². The molecule has 21 heavy (non-hydrogen) atoms. The zero-order chi connectivity index (χ0) is 15.2. The Morgan fingerprint density at radius 2 is 2.14 bits per heavy atom. The van der Waals surface area contributed by atoms with Crippen molar-refractivity contribution in [1.82, 2.24) is 10.3 Å². The van der Waals surface area contributed by atoms with Gasteiger partial charge in [-0.15, -0.1) is 0 Å². The minimum Gasteiger partial charge on any atom is -0.494 e. The Balaban J connectivity index is 2.25. The molecule has 0 spiro atoms. The summed E-state index contributed by atoms with van der Waals surface area (Å²) in [7, 11) is 0. The highest BCUT2D eigenvalue weighted by atomic mass is 16.5. The molecule has 1 atom stereocenters. The Bertz CT molecular complexity index is 604. The van der Waals surface area contributed by atoms with Crippen molar-refractivity contribution in [3.8, 4) is 5.75 Å². The number of ether oxygens (including phenoxy) is 1. The molecule has 0 radical (unpaired) electrons. The quantitative estimate of drug-likeness (QED) is 0.818. The van der Waals surface area contributed by atoms with Gasteiger partial charge in [0.05, 0.1) is 6.61 Å². The number of carbonyl (C=O) groups excluding carboxylic acids is 1. The van der Waals surface area contributed by atoms with Crippen LogP contribution >= 0.6 is 0 Å². The fraction of sp³-hybridized carbons (Fsp3) is 0.471. The lowest BCUT2D eigenvalue weighted by atomic mass is 9.96. The number of nitrogens with one attached hydrogen (secondary N) is 2. The van der Waals surface area contributed by atoms with E-state index < -0.39 is 0 Å². The second kappa shape index (κ2) is 7.16. The molecule has 2 aromatic rings. The van der Waals surface area contributed by atoms with Crippen LogP contribution in [0.3, 0.4) is 0 Å². The number of fused-ring (bicyclic) bond motifs is 1. The molecule has 0 aliphatic rings. The maximum absolute atomic E-state index is 11.5. The molecule has 0 aliphatic heterocycles. The summed E-state index contributed by atoms with van der Waals surface area (Å²) in [6, 6.07) is 6.10. The number of rotatable bonds is 7. The van der Waals surface area contributed by atoms with Crippen LogP contribution in [0, 0.1) is 0 Å². The average Bonchev–Trinajstić information content (AvgIpc) is 2.91. The molecule has 0 fully saturated rings. The first-order valence-corrected chi connectivity index (χ1v) is 7.70. The van der Waals surface area contributed by atoms with E-state index in [1.54, 1.807) is 0 Å². The van der Waals surface area contributed by atoms with Gasteiger partial charge < -0.3 is 15.0 Å². The van der Waals surface area contributed by atoms with Crippen LogP contribution in [0.15, 0.2) is 24.4 Å². The molecule has 1 aromatic heterocycles. The summed E-state index contributed by atoms with van der Waals surface area (Å²) >= 11 is 0. The first kappa shape index (κ1) is 15.4. The van der Waals surface area contributed by atoms with Crippen molar-refractivity contribution in [2.24, 2.45) is 0 Å². The molecule has 2 N–H and O–H groups in total. The molecular formula is C17H24N2O2. The lowest BCUT2D eigenvalue weighted by molar-refractivity contribution is -0.120.